The number of halogens is 2. The van der Waals surface area contributed by atoms with Gasteiger partial charge in [0.2, 0.25) is 0 Å². The van der Waals surface area contributed by atoms with Crippen molar-refractivity contribution in [2.45, 2.75) is 27.6 Å². The summed E-state index contributed by atoms with van der Waals surface area (Å²) in [5, 5.41) is 3.93. The number of aromatic nitrogens is 2. The lowest BCUT2D eigenvalue weighted by atomic mass is 10.2. The van der Waals surface area contributed by atoms with E-state index < -0.39 is 0 Å². The van der Waals surface area contributed by atoms with E-state index in [1.807, 2.05) is 31.2 Å². The van der Waals surface area contributed by atoms with Gasteiger partial charge in [-0.05, 0) is 61.0 Å². The lowest BCUT2D eigenvalue weighted by Crippen LogP contribution is -2.15. The minimum Gasteiger partial charge on any atom is -0.321 e. The van der Waals surface area contributed by atoms with Crippen LogP contribution in [0.4, 0.5) is 10.1 Å². The second-order valence-corrected chi connectivity index (χ2v) is 9.65. The average molecular weight is 496 g/mol. The van der Waals surface area contributed by atoms with Gasteiger partial charge in [0, 0.05) is 27.6 Å². The van der Waals surface area contributed by atoms with Crippen molar-refractivity contribution < 1.29 is 9.18 Å². The number of benzene rings is 3. The van der Waals surface area contributed by atoms with Gasteiger partial charge in [-0.2, -0.15) is 0 Å². The fourth-order valence-electron chi connectivity index (χ4n) is 2.85. The minimum atomic E-state index is -0.335. The lowest BCUT2D eigenvalue weighted by molar-refractivity contribution is 0.101. The summed E-state index contributed by atoms with van der Waals surface area (Å²) in [6.07, 6.45) is 1.67. The number of carbonyl (C=O) groups is 1. The highest BCUT2D eigenvalue weighted by atomic mass is 35.5. The van der Waals surface area contributed by atoms with Crippen LogP contribution in [0.5, 0.6) is 0 Å². The van der Waals surface area contributed by atoms with Crippen molar-refractivity contribution in [2.24, 2.45) is 0 Å². The molecule has 0 bridgehead atoms. The van der Waals surface area contributed by atoms with E-state index in [9.17, 15) is 9.18 Å². The molecule has 1 amide bonds. The highest BCUT2D eigenvalue weighted by Crippen LogP contribution is 2.31. The molecule has 166 valence electrons. The number of nitrogens with zero attached hydrogens (tertiary/aromatic N) is 2. The van der Waals surface area contributed by atoms with E-state index >= 15 is 0 Å². The van der Waals surface area contributed by atoms with Crippen molar-refractivity contribution in [1.82, 2.24) is 9.97 Å². The number of hydrogen-bond acceptors (Lipinski definition) is 5. The van der Waals surface area contributed by atoms with E-state index in [1.54, 1.807) is 42.6 Å². The van der Waals surface area contributed by atoms with Crippen LogP contribution < -0.4 is 5.32 Å². The number of aryl methyl sites for hydroxylation is 1. The second-order valence-electron chi connectivity index (χ2n) is 7.16. The molecule has 8 heteroatoms. The van der Waals surface area contributed by atoms with Crippen LogP contribution in [0, 0.1) is 12.7 Å². The van der Waals surface area contributed by atoms with Crippen LogP contribution in [0.25, 0.3) is 0 Å². The number of hydrogen-bond donors (Lipinski definition) is 1. The maximum atomic E-state index is 13.2. The molecule has 0 atom stereocenters. The predicted octanol–water partition coefficient (Wildman–Crippen LogP) is 7.27. The van der Waals surface area contributed by atoms with E-state index in [0.29, 0.717) is 26.5 Å². The smallest absolute Gasteiger partial charge is 0.275 e. The van der Waals surface area contributed by atoms with Crippen LogP contribution >= 0.6 is 35.1 Å². The second kappa shape index (κ2) is 10.8. The van der Waals surface area contributed by atoms with Gasteiger partial charge in [-0.1, -0.05) is 65.0 Å². The first-order valence-corrected chi connectivity index (χ1v) is 12.2. The van der Waals surface area contributed by atoms with Crippen molar-refractivity contribution in [2.75, 3.05) is 5.32 Å². The van der Waals surface area contributed by atoms with Crippen LogP contribution in [0.2, 0.25) is 5.02 Å². The molecule has 1 heterocycles. The topological polar surface area (TPSA) is 54.9 Å². The molecule has 0 aliphatic carbocycles. The molecule has 0 aliphatic rings. The molecule has 0 fully saturated rings. The zero-order valence-electron chi connectivity index (χ0n) is 17.6. The summed E-state index contributed by atoms with van der Waals surface area (Å²) in [5.41, 5.74) is 3.00. The Morgan fingerprint density at radius 1 is 1.00 bits per heavy atom. The maximum Gasteiger partial charge on any atom is 0.275 e. The predicted molar refractivity (Wildman–Crippen MR) is 133 cm³/mol. The van der Waals surface area contributed by atoms with Crippen molar-refractivity contribution in [3.05, 3.63) is 107 Å². The molecule has 4 nitrogen and oxygen atoms in total. The zero-order chi connectivity index (χ0) is 23.2. The van der Waals surface area contributed by atoms with E-state index in [4.69, 9.17) is 11.6 Å². The molecule has 0 saturated carbocycles. The van der Waals surface area contributed by atoms with Crippen LogP contribution in [0.1, 0.15) is 21.6 Å². The van der Waals surface area contributed by atoms with Gasteiger partial charge in [0.15, 0.2) is 5.16 Å². The van der Waals surface area contributed by atoms with E-state index in [2.05, 4.69) is 15.3 Å². The molecule has 33 heavy (non-hydrogen) atoms. The van der Waals surface area contributed by atoms with Crippen molar-refractivity contribution >= 4 is 46.7 Å². The summed E-state index contributed by atoms with van der Waals surface area (Å²) < 4.78 is 13.2. The van der Waals surface area contributed by atoms with Crippen molar-refractivity contribution in [1.29, 1.82) is 0 Å². The summed E-state index contributed by atoms with van der Waals surface area (Å²) in [6.45, 7) is 2.02. The van der Waals surface area contributed by atoms with E-state index in [0.717, 1.165) is 16.0 Å². The van der Waals surface area contributed by atoms with Gasteiger partial charge in [-0.3, -0.25) is 4.79 Å². The first-order valence-electron chi connectivity index (χ1n) is 10.0. The first-order chi connectivity index (χ1) is 16.0. The Bertz CT molecular complexity index is 1250. The zero-order valence-corrected chi connectivity index (χ0v) is 20.0. The molecule has 0 unspecified atom stereocenters. The van der Waals surface area contributed by atoms with Crippen LogP contribution in [0.3, 0.4) is 0 Å². The molecule has 1 aromatic heterocycles. The van der Waals surface area contributed by atoms with Gasteiger partial charge in [0.25, 0.3) is 5.91 Å². The van der Waals surface area contributed by atoms with Gasteiger partial charge >= 0.3 is 0 Å². The molecule has 0 aliphatic heterocycles. The highest BCUT2D eigenvalue weighted by Gasteiger charge is 2.17. The molecule has 4 aromatic rings. The largest absolute Gasteiger partial charge is 0.321 e. The maximum absolute atomic E-state index is 13.2. The molecular formula is C25H19ClFN3OS2. The molecule has 3 aromatic carbocycles. The molecule has 0 spiro atoms. The Labute approximate surface area is 205 Å². The Hall–Kier alpha value is -2.87. The van der Waals surface area contributed by atoms with Gasteiger partial charge in [0.1, 0.15) is 11.5 Å². The molecule has 0 saturated heterocycles. The summed E-state index contributed by atoms with van der Waals surface area (Å²) in [5.74, 6) is -0.0557. The number of thioether (sulfide) groups is 1. The number of anilines is 1. The fourth-order valence-corrected chi connectivity index (χ4v) is 4.61. The minimum absolute atomic E-state index is 0.279. The Kier molecular flexibility index (Phi) is 7.65. The molecule has 0 radical (unpaired) electrons. The fraction of sp³-hybridized carbons (Fsp3) is 0.0800. The number of carbonyl (C=O) groups excluding carboxylic acids is 1. The Morgan fingerprint density at radius 3 is 2.39 bits per heavy atom. The average Bonchev–Trinajstić information content (AvgIpc) is 2.82. The van der Waals surface area contributed by atoms with Crippen molar-refractivity contribution in [3.8, 4) is 0 Å². The summed E-state index contributed by atoms with van der Waals surface area (Å²) in [6, 6.07) is 21.2. The number of rotatable bonds is 7. The molecule has 1 N–H and O–H groups in total. The normalized spacial score (nSPS) is 10.8. The van der Waals surface area contributed by atoms with Gasteiger partial charge in [-0.25, -0.2) is 14.4 Å². The van der Waals surface area contributed by atoms with Crippen LogP contribution in [0.15, 0.2) is 93.9 Å². The van der Waals surface area contributed by atoms with E-state index in [1.165, 1.54) is 35.7 Å². The highest BCUT2D eigenvalue weighted by molar-refractivity contribution is 7.99. The third kappa shape index (κ3) is 6.57. The molecular weight excluding hydrogens is 477 g/mol. The van der Waals surface area contributed by atoms with Gasteiger partial charge in [-0.15, -0.1) is 0 Å². The Morgan fingerprint density at radius 2 is 1.70 bits per heavy atom. The molecule has 4 rings (SSSR count). The quantitative estimate of drug-likeness (QED) is 0.216. The summed E-state index contributed by atoms with van der Waals surface area (Å²) >= 11 is 8.76. The third-order valence-corrected chi connectivity index (χ3v) is 6.79. The SMILES string of the molecule is Cc1ccc(Sc2cnc(SCc3ccc(F)cc3)nc2C(=O)Nc2ccc(Cl)cc2)cc1. The summed E-state index contributed by atoms with van der Waals surface area (Å²) in [7, 11) is 0. The monoisotopic (exact) mass is 495 g/mol. The lowest BCUT2D eigenvalue weighted by Gasteiger charge is -2.11. The van der Waals surface area contributed by atoms with Gasteiger partial charge in [0.05, 0.1) is 4.90 Å². The van der Waals surface area contributed by atoms with Crippen LogP contribution in [-0.4, -0.2) is 15.9 Å². The van der Waals surface area contributed by atoms with Crippen molar-refractivity contribution in [3.63, 3.8) is 0 Å². The summed E-state index contributed by atoms with van der Waals surface area (Å²) in [4.78, 5) is 23.8. The van der Waals surface area contributed by atoms with Crippen LogP contribution in [-0.2, 0) is 5.75 Å². The first kappa shape index (κ1) is 23.3. The standard InChI is InChI=1S/C25H19ClFN3OS2/c1-16-2-12-21(13-3-16)33-22-14-28-25(32-15-17-4-8-19(27)9-5-17)30-23(22)24(31)29-20-10-6-18(26)7-11-20/h2-14H,15H2,1H3,(H,29,31). The van der Waals surface area contributed by atoms with Gasteiger partial charge < -0.3 is 5.32 Å². The number of amides is 1. The third-order valence-electron chi connectivity index (χ3n) is 4.58. The Balaban J connectivity index is 1.58. The number of nitrogens with one attached hydrogen (secondary N) is 1. The van der Waals surface area contributed by atoms with E-state index in [-0.39, 0.29) is 17.4 Å².